The predicted octanol–water partition coefficient (Wildman–Crippen LogP) is 5.86. The minimum atomic E-state index is 0.593. The summed E-state index contributed by atoms with van der Waals surface area (Å²) in [5, 5.41) is 2.35. The van der Waals surface area contributed by atoms with Crippen LogP contribution in [0.25, 0.3) is 21.8 Å². The molecule has 3 heteroatoms. The number of rotatable bonds is 6. The summed E-state index contributed by atoms with van der Waals surface area (Å²) in [6, 6.07) is 33.3. The van der Waals surface area contributed by atoms with E-state index in [0.717, 1.165) is 41.0 Å². The maximum absolute atomic E-state index is 6.20. The van der Waals surface area contributed by atoms with E-state index in [1.54, 1.807) is 0 Å². The average molecular weight is 378 g/mol. The monoisotopic (exact) mass is 378 g/mol. The summed E-state index contributed by atoms with van der Waals surface area (Å²) < 4.78 is 8.48. The lowest BCUT2D eigenvalue weighted by Crippen LogP contribution is -2.11. The Morgan fingerprint density at radius 3 is 2.41 bits per heavy atom. The quantitative estimate of drug-likeness (QED) is 0.370. The number of para-hydroxylation sites is 2. The molecule has 4 aromatic carbocycles. The van der Waals surface area contributed by atoms with E-state index < -0.39 is 0 Å². The molecule has 0 aliphatic carbocycles. The molecule has 1 aromatic heterocycles. The van der Waals surface area contributed by atoms with Crippen LogP contribution in [-0.2, 0) is 13.0 Å². The number of fused-ring (bicyclic) bond motifs is 2. The van der Waals surface area contributed by atoms with E-state index >= 15 is 0 Å². The summed E-state index contributed by atoms with van der Waals surface area (Å²) in [6.07, 6.45) is 0.809. The summed E-state index contributed by atoms with van der Waals surface area (Å²) in [7, 11) is 0. The third-order valence-corrected chi connectivity index (χ3v) is 5.26. The van der Waals surface area contributed by atoms with Crippen molar-refractivity contribution in [2.75, 3.05) is 6.61 Å². The van der Waals surface area contributed by atoms with Crippen LogP contribution in [0.2, 0.25) is 0 Å². The molecular weight excluding hydrogens is 356 g/mol. The highest BCUT2D eigenvalue weighted by Crippen LogP contribution is 2.25. The van der Waals surface area contributed by atoms with E-state index in [9.17, 15) is 0 Å². The summed E-state index contributed by atoms with van der Waals surface area (Å²) >= 11 is 0. The second-order valence-electron chi connectivity index (χ2n) is 7.16. The van der Waals surface area contributed by atoms with Crippen molar-refractivity contribution in [1.29, 1.82) is 0 Å². The molecular formula is C26H22N2O. The molecule has 0 saturated heterocycles. The van der Waals surface area contributed by atoms with Gasteiger partial charge in [0.1, 0.15) is 18.2 Å². The van der Waals surface area contributed by atoms with Crippen molar-refractivity contribution in [1.82, 2.24) is 9.55 Å². The van der Waals surface area contributed by atoms with E-state index in [-0.39, 0.29) is 0 Å². The fourth-order valence-corrected chi connectivity index (χ4v) is 3.86. The van der Waals surface area contributed by atoms with Crippen LogP contribution < -0.4 is 4.74 Å². The lowest BCUT2D eigenvalue weighted by molar-refractivity contribution is 0.302. The number of nitrogens with zero attached hydrogens (tertiary/aromatic N) is 2. The van der Waals surface area contributed by atoms with Gasteiger partial charge in [0.25, 0.3) is 0 Å². The van der Waals surface area contributed by atoms with Gasteiger partial charge in [0, 0.05) is 11.8 Å². The van der Waals surface area contributed by atoms with Gasteiger partial charge < -0.3 is 9.30 Å². The topological polar surface area (TPSA) is 27.1 Å². The highest BCUT2D eigenvalue weighted by atomic mass is 16.5. The number of hydrogen-bond donors (Lipinski definition) is 0. The van der Waals surface area contributed by atoms with Gasteiger partial charge in [-0.25, -0.2) is 4.98 Å². The Kier molecular flexibility index (Phi) is 4.71. The molecule has 0 atom stereocenters. The molecule has 0 aliphatic heterocycles. The zero-order chi connectivity index (χ0) is 19.5. The number of ether oxygens (including phenoxy) is 1. The molecule has 0 saturated carbocycles. The van der Waals surface area contributed by atoms with Crippen LogP contribution >= 0.6 is 0 Å². The van der Waals surface area contributed by atoms with E-state index in [2.05, 4.69) is 77.4 Å². The Balaban J connectivity index is 1.41. The van der Waals surface area contributed by atoms with Gasteiger partial charge in [-0.1, -0.05) is 78.9 Å². The molecule has 0 radical (unpaired) electrons. The Hall–Kier alpha value is -3.59. The molecule has 29 heavy (non-hydrogen) atoms. The SMILES string of the molecule is c1ccc(Cc2nc3ccccc3n2CCOc2cccc3ccccc23)cc1. The first-order valence-corrected chi connectivity index (χ1v) is 9.97. The second-order valence-corrected chi connectivity index (χ2v) is 7.16. The molecule has 0 bridgehead atoms. The van der Waals surface area contributed by atoms with E-state index in [1.165, 1.54) is 10.9 Å². The minimum Gasteiger partial charge on any atom is -0.491 e. The summed E-state index contributed by atoms with van der Waals surface area (Å²) in [4.78, 5) is 4.89. The van der Waals surface area contributed by atoms with Crippen LogP contribution in [0.1, 0.15) is 11.4 Å². The molecule has 5 aromatic rings. The molecule has 142 valence electrons. The van der Waals surface area contributed by atoms with Crippen molar-refractivity contribution >= 4 is 21.8 Å². The summed E-state index contributed by atoms with van der Waals surface area (Å²) in [6.45, 7) is 1.35. The number of benzene rings is 4. The summed E-state index contributed by atoms with van der Waals surface area (Å²) in [5.41, 5.74) is 3.45. The van der Waals surface area contributed by atoms with Gasteiger partial charge in [-0.05, 0) is 29.1 Å². The van der Waals surface area contributed by atoms with Crippen molar-refractivity contribution in [2.45, 2.75) is 13.0 Å². The predicted molar refractivity (Wildman–Crippen MR) is 118 cm³/mol. The van der Waals surface area contributed by atoms with Crippen LogP contribution in [0.4, 0.5) is 0 Å². The zero-order valence-corrected chi connectivity index (χ0v) is 16.2. The number of aromatic nitrogens is 2. The molecule has 0 aliphatic rings. The first-order chi connectivity index (χ1) is 14.4. The fraction of sp³-hybridized carbons (Fsp3) is 0.115. The lowest BCUT2D eigenvalue weighted by atomic mass is 10.1. The summed E-state index contributed by atoms with van der Waals surface area (Å²) in [5.74, 6) is 2.00. The van der Waals surface area contributed by atoms with Gasteiger partial charge in [0.05, 0.1) is 17.6 Å². The van der Waals surface area contributed by atoms with Gasteiger partial charge in [-0.3, -0.25) is 0 Å². The standard InChI is InChI=1S/C26H22N2O/c1-2-9-20(10-3-1)19-26-27-23-14-6-7-15-24(23)28(26)17-18-29-25-16-8-12-21-11-4-5-13-22(21)25/h1-16H,17-19H2. The maximum atomic E-state index is 6.20. The second kappa shape index (κ2) is 7.80. The minimum absolute atomic E-state index is 0.593. The van der Waals surface area contributed by atoms with Gasteiger partial charge in [-0.2, -0.15) is 0 Å². The fourth-order valence-electron chi connectivity index (χ4n) is 3.86. The van der Waals surface area contributed by atoms with Crippen LogP contribution in [0.3, 0.4) is 0 Å². The molecule has 0 unspecified atom stereocenters. The molecule has 0 fully saturated rings. The zero-order valence-electron chi connectivity index (χ0n) is 16.2. The highest BCUT2D eigenvalue weighted by Gasteiger charge is 2.11. The Bertz CT molecular complexity index is 1250. The first-order valence-electron chi connectivity index (χ1n) is 9.97. The largest absolute Gasteiger partial charge is 0.491 e. The Labute approximate surface area is 170 Å². The van der Waals surface area contributed by atoms with Crippen molar-refractivity contribution in [3.8, 4) is 5.75 Å². The van der Waals surface area contributed by atoms with E-state index in [0.29, 0.717) is 6.61 Å². The van der Waals surface area contributed by atoms with E-state index in [4.69, 9.17) is 9.72 Å². The average Bonchev–Trinajstić information content (AvgIpc) is 3.12. The normalized spacial score (nSPS) is 11.2. The smallest absolute Gasteiger partial charge is 0.127 e. The van der Waals surface area contributed by atoms with Gasteiger partial charge in [0.15, 0.2) is 0 Å². The van der Waals surface area contributed by atoms with Gasteiger partial charge in [-0.15, -0.1) is 0 Å². The highest BCUT2D eigenvalue weighted by molar-refractivity contribution is 5.88. The molecule has 5 rings (SSSR count). The molecule has 3 nitrogen and oxygen atoms in total. The third-order valence-electron chi connectivity index (χ3n) is 5.26. The van der Waals surface area contributed by atoms with Gasteiger partial charge >= 0.3 is 0 Å². The van der Waals surface area contributed by atoms with Crippen molar-refractivity contribution in [3.63, 3.8) is 0 Å². The van der Waals surface area contributed by atoms with Crippen LogP contribution in [0, 0.1) is 0 Å². The number of imidazole rings is 1. The molecule has 0 spiro atoms. The molecule has 0 N–H and O–H groups in total. The maximum Gasteiger partial charge on any atom is 0.127 e. The van der Waals surface area contributed by atoms with Crippen molar-refractivity contribution in [2.24, 2.45) is 0 Å². The first kappa shape index (κ1) is 17.5. The molecule has 0 amide bonds. The third kappa shape index (κ3) is 3.59. The number of hydrogen-bond acceptors (Lipinski definition) is 2. The van der Waals surface area contributed by atoms with Crippen LogP contribution in [0.5, 0.6) is 5.75 Å². The Morgan fingerprint density at radius 1 is 0.724 bits per heavy atom. The van der Waals surface area contributed by atoms with Crippen LogP contribution in [-0.4, -0.2) is 16.2 Å². The van der Waals surface area contributed by atoms with E-state index in [1.807, 2.05) is 24.3 Å². The van der Waals surface area contributed by atoms with Crippen molar-refractivity contribution in [3.05, 3.63) is 108 Å². The lowest BCUT2D eigenvalue weighted by Gasteiger charge is -2.12. The molecule has 1 heterocycles. The Morgan fingerprint density at radius 2 is 1.48 bits per heavy atom. The van der Waals surface area contributed by atoms with Gasteiger partial charge in [0.2, 0.25) is 0 Å². The van der Waals surface area contributed by atoms with Crippen LogP contribution in [0.15, 0.2) is 97.1 Å². The van der Waals surface area contributed by atoms with Crippen molar-refractivity contribution < 1.29 is 4.74 Å².